The number of sulfone groups is 1. The average Bonchev–Trinajstić information content (AvgIpc) is 2.55. The van der Waals surface area contributed by atoms with E-state index in [0.717, 1.165) is 10.0 Å². The van der Waals surface area contributed by atoms with Gasteiger partial charge >= 0.3 is 6.03 Å². The van der Waals surface area contributed by atoms with Crippen LogP contribution in [0.1, 0.15) is 12.0 Å². The third-order valence-electron chi connectivity index (χ3n) is 3.43. The van der Waals surface area contributed by atoms with Crippen LogP contribution in [0.4, 0.5) is 10.5 Å². The van der Waals surface area contributed by atoms with Gasteiger partial charge in [-0.05, 0) is 43.7 Å². The van der Waals surface area contributed by atoms with Gasteiger partial charge in [0.05, 0.1) is 21.4 Å². The summed E-state index contributed by atoms with van der Waals surface area (Å²) in [5.41, 5.74) is 1.48. The molecule has 0 aromatic heterocycles. The highest BCUT2D eigenvalue weighted by Gasteiger charge is 2.14. The summed E-state index contributed by atoms with van der Waals surface area (Å²) >= 11 is 9.31. The van der Waals surface area contributed by atoms with Gasteiger partial charge in [0.1, 0.15) is 0 Å². The third kappa shape index (κ3) is 6.02. The van der Waals surface area contributed by atoms with Crippen molar-refractivity contribution >= 4 is 49.1 Å². The summed E-state index contributed by atoms with van der Waals surface area (Å²) in [5, 5.41) is 5.65. The number of hydrogen-bond donors (Lipinski definition) is 2. The number of carbonyl (C=O) groups is 1. The Kier molecular flexibility index (Phi) is 6.87. The molecule has 25 heavy (non-hydrogen) atoms. The molecule has 2 aromatic carbocycles. The molecule has 0 bridgehead atoms. The van der Waals surface area contributed by atoms with Crippen molar-refractivity contribution in [2.45, 2.75) is 18.2 Å². The van der Waals surface area contributed by atoms with E-state index in [0.29, 0.717) is 22.0 Å². The molecule has 0 radical (unpaired) electrons. The smallest absolute Gasteiger partial charge is 0.319 e. The maximum atomic E-state index is 12.2. The number of carbonyl (C=O) groups excluding carboxylic acids is 1. The van der Waals surface area contributed by atoms with Crippen LogP contribution in [0.5, 0.6) is 0 Å². The van der Waals surface area contributed by atoms with Crippen molar-refractivity contribution in [3.63, 3.8) is 0 Å². The van der Waals surface area contributed by atoms with Crippen molar-refractivity contribution in [3.05, 3.63) is 57.5 Å². The largest absolute Gasteiger partial charge is 0.338 e. The lowest BCUT2D eigenvalue weighted by Crippen LogP contribution is -2.30. The summed E-state index contributed by atoms with van der Waals surface area (Å²) in [5.74, 6) is -0.0324. The van der Waals surface area contributed by atoms with Gasteiger partial charge in [-0.2, -0.15) is 0 Å². The number of nitrogens with one attached hydrogen (secondary N) is 2. The summed E-state index contributed by atoms with van der Waals surface area (Å²) < 4.78 is 25.2. The summed E-state index contributed by atoms with van der Waals surface area (Å²) in [4.78, 5) is 12.1. The molecule has 0 fully saturated rings. The lowest BCUT2D eigenvalue weighted by molar-refractivity contribution is 0.252. The molecule has 0 heterocycles. The van der Waals surface area contributed by atoms with Crippen molar-refractivity contribution < 1.29 is 13.2 Å². The first-order valence-electron chi connectivity index (χ1n) is 7.57. The number of anilines is 1. The minimum atomic E-state index is -3.34. The van der Waals surface area contributed by atoms with E-state index in [9.17, 15) is 13.2 Å². The Balaban J connectivity index is 1.80. The van der Waals surface area contributed by atoms with Gasteiger partial charge in [0.2, 0.25) is 0 Å². The zero-order chi connectivity index (χ0) is 18.4. The molecular formula is C17H18BrClN2O3S. The van der Waals surface area contributed by atoms with Crippen molar-refractivity contribution in [2.24, 2.45) is 0 Å². The first-order valence-corrected chi connectivity index (χ1v) is 10.4. The van der Waals surface area contributed by atoms with E-state index in [1.165, 1.54) is 0 Å². The fourth-order valence-corrected chi connectivity index (χ4v) is 4.12. The second-order valence-corrected chi connectivity index (χ2v) is 8.92. The first kappa shape index (κ1) is 19.8. The SMILES string of the molecule is Cc1ccc(S(=O)(=O)CCCNC(=O)Nc2ccc(Br)cc2Cl)cc1. The third-order valence-corrected chi connectivity index (χ3v) is 6.06. The topological polar surface area (TPSA) is 75.3 Å². The van der Waals surface area contributed by atoms with E-state index in [-0.39, 0.29) is 12.3 Å². The van der Waals surface area contributed by atoms with Crippen molar-refractivity contribution in [1.82, 2.24) is 5.32 Å². The van der Waals surface area contributed by atoms with Crippen LogP contribution in [0, 0.1) is 6.92 Å². The number of urea groups is 1. The minimum Gasteiger partial charge on any atom is -0.338 e. The molecule has 5 nitrogen and oxygen atoms in total. The van der Waals surface area contributed by atoms with E-state index in [1.54, 1.807) is 42.5 Å². The predicted molar refractivity (Wildman–Crippen MR) is 104 cm³/mol. The Bertz CT molecular complexity index is 855. The molecule has 134 valence electrons. The molecule has 0 atom stereocenters. The maximum Gasteiger partial charge on any atom is 0.319 e. The van der Waals surface area contributed by atoms with E-state index < -0.39 is 15.9 Å². The fourth-order valence-electron chi connectivity index (χ4n) is 2.08. The monoisotopic (exact) mass is 444 g/mol. The van der Waals surface area contributed by atoms with Gasteiger partial charge in [-0.3, -0.25) is 0 Å². The van der Waals surface area contributed by atoms with Crippen LogP contribution in [0.25, 0.3) is 0 Å². The Morgan fingerprint density at radius 2 is 1.84 bits per heavy atom. The number of rotatable bonds is 6. The highest BCUT2D eigenvalue weighted by Crippen LogP contribution is 2.25. The molecular weight excluding hydrogens is 428 g/mol. The highest BCUT2D eigenvalue weighted by molar-refractivity contribution is 9.10. The van der Waals surface area contributed by atoms with Gasteiger partial charge in [0, 0.05) is 11.0 Å². The molecule has 2 amide bonds. The van der Waals surface area contributed by atoms with Crippen molar-refractivity contribution in [1.29, 1.82) is 0 Å². The number of benzene rings is 2. The van der Waals surface area contributed by atoms with Gasteiger partial charge in [-0.25, -0.2) is 13.2 Å². The van der Waals surface area contributed by atoms with Crippen LogP contribution in [-0.4, -0.2) is 26.7 Å². The quantitative estimate of drug-likeness (QED) is 0.647. The summed E-state index contributed by atoms with van der Waals surface area (Å²) in [6.07, 6.45) is 0.317. The summed E-state index contributed by atoms with van der Waals surface area (Å²) in [6, 6.07) is 11.4. The van der Waals surface area contributed by atoms with Gasteiger partial charge in [-0.1, -0.05) is 45.2 Å². The van der Waals surface area contributed by atoms with Crippen molar-refractivity contribution in [2.75, 3.05) is 17.6 Å². The van der Waals surface area contributed by atoms with Gasteiger partial charge in [0.15, 0.2) is 9.84 Å². The van der Waals surface area contributed by atoms with Crippen LogP contribution in [-0.2, 0) is 9.84 Å². The Morgan fingerprint density at radius 3 is 2.48 bits per heavy atom. The average molecular weight is 446 g/mol. The van der Waals surface area contributed by atoms with Crippen LogP contribution < -0.4 is 10.6 Å². The van der Waals surface area contributed by atoms with Crippen molar-refractivity contribution in [3.8, 4) is 0 Å². The Labute approximate surface area is 160 Å². The summed E-state index contributed by atoms with van der Waals surface area (Å²) in [6.45, 7) is 2.14. The fraction of sp³-hybridized carbons (Fsp3) is 0.235. The molecule has 8 heteroatoms. The van der Waals surface area contributed by atoms with E-state index in [4.69, 9.17) is 11.6 Å². The van der Waals surface area contributed by atoms with Gasteiger partial charge < -0.3 is 10.6 Å². The molecule has 2 N–H and O–H groups in total. The predicted octanol–water partition coefficient (Wildman–Crippen LogP) is 4.40. The molecule has 0 saturated carbocycles. The zero-order valence-corrected chi connectivity index (χ0v) is 16.7. The van der Waals surface area contributed by atoms with E-state index >= 15 is 0 Å². The lowest BCUT2D eigenvalue weighted by atomic mass is 10.2. The van der Waals surface area contributed by atoms with Crippen LogP contribution >= 0.6 is 27.5 Å². The standard InChI is InChI=1S/C17H18BrClN2O3S/c1-12-3-6-14(7-4-12)25(23,24)10-2-9-20-17(22)21-16-8-5-13(18)11-15(16)19/h3-8,11H,2,9-10H2,1H3,(H2,20,21,22). The number of hydrogen-bond acceptors (Lipinski definition) is 3. The van der Waals surface area contributed by atoms with Crippen LogP contribution in [0.2, 0.25) is 5.02 Å². The van der Waals surface area contributed by atoms with Crippen LogP contribution in [0.15, 0.2) is 51.8 Å². The molecule has 0 unspecified atom stereocenters. The number of aryl methyl sites for hydroxylation is 1. The molecule has 0 aliphatic carbocycles. The normalized spacial score (nSPS) is 11.2. The Morgan fingerprint density at radius 1 is 1.16 bits per heavy atom. The Hall–Kier alpha value is -1.57. The minimum absolute atomic E-state index is 0.0324. The van der Waals surface area contributed by atoms with Gasteiger partial charge in [0.25, 0.3) is 0 Å². The van der Waals surface area contributed by atoms with Crippen LogP contribution in [0.3, 0.4) is 0 Å². The number of amides is 2. The number of halogens is 2. The molecule has 0 spiro atoms. The highest BCUT2D eigenvalue weighted by atomic mass is 79.9. The summed E-state index contributed by atoms with van der Waals surface area (Å²) in [7, 11) is -3.34. The molecule has 0 aliphatic heterocycles. The second-order valence-electron chi connectivity index (χ2n) is 5.49. The second kappa shape index (κ2) is 8.69. The maximum absolute atomic E-state index is 12.2. The first-order chi connectivity index (χ1) is 11.8. The van der Waals surface area contributed by atoms with E-state index in [2.05, 4.69) is 26.6 Å². The van der Waals surface area contributed by atoms with Gasteiger partial charge in [-0.15, -0.1) is 0 Å². The molecule has 2 aromatic rings. The molecule has 0 saturated heterocycles. The van der Waals surface area contributed by atoms with E-state index in [1.807, 2.05) is 6.92 Å². The molecule has 0 aliphatic rings. The molecule has 2 rings (SSSR count). The lowest BCUT2D eigenvalue weighted by Gasteiger charge is -2.09. The zero-order valence-electron chi connectivity index (χ0n) is 13.6.